The van der Waals surface area contributed by atoms with Crippen LogP contribution in [0.15, 0.2) is 54.6 Å². The van der Waals surface area contributed by atoms with Gasteiger partial charge in [-0.05, 0) is 65.5 Å². The topological polar surface area (TPSA) is 134 Å². The van der Waals surface area contributed by atoms with E-state index in [-0.39, 0.29) is 11.6 Å². The van der Waals surface area contributed by atoms with Crippen molar-refractivity contribution in [2.75, 3.05) is 31.1 Å². The average Bonchev–Trinajstić information content (AvgIpc) is 2.91. The normalized spacial score (nSPS) is 14.7. The van der Waals surface area contributed by atoms with E-state index in [2.05, 4.69) is 10.6 Å². The zero-order valence-electron chi connectivity index (χ0n) is 24.5. The minimum Gasteiger partial charge on any atom is -0.444 e. The Morgan fingerprint density at radius 2 is 1.56 bits per heavy atom. The summed E-state index contributed by atoms with van der Waals surface area (Å²) in [4.78, 5) is 54.0. The number of rotatable bonds is 10. The number of ether oxygens (including phenoxy) is 1. The molecule has 1 atom stereocenters. The molecule has 0 radical (unpaired) electrons. The molecule has 11 heteroatoms. The maximum atomic E-state index is 13.7. The maximum absolute atomic E-state index is 13.7. The first-order chi connectivity index (χ1) is 19.3. The highest BCUT2D eigenvalue weighted by atomic mass is 16.6. The number of nitrogens with zero attached hydrogens (tertiary/aromatic N) is 3. The van der Waals surface area contributed by atoms with Crippen molar-refractivity contribution in [3.63, 3.8) is 0 Å². The molecular weight excluding hydrogens is 526 g/mol. The highest BCUT2D eigenvalue weighted by molar-refractivity contribution is 5.93. The molecule has 1 aliphatic heterocycles. The van der Waals surface area contributed by atoms with Gasteiger partial charge in [0.05, 0.1) is 4.92 Å². The number of nitro benzene ring substituents is 1. The van der Waals surface area contributed by atoms with E-state index in [1.54, 1.807) is 57.7 Å². The van der Waals surface area contributed by atoms with Gasteiger partial charge in [0.25, 0.3) is 5.69 Å². The van der Waals surface area contributed by atoms with Crippen molar-refractivity contribution in [1.29, 1.82) is 0 Å². The van der Waals surface area contributed by atoms with E-state index in [1.807, 2.05) is 35.2 Å². The number of amides is 3. The Kier molecular flexibility index (Phi) is 10.3. The number of nitrogens with one attached hydrogen (secondary N) is 2. The van der Waals surface area contributed by atoms with Gasteiger partial charge in [0.2, 0.25) is 11.8 Å². The molecule has 0 aliphatic carbocycles. The van der Waals surface area contributed by atoms with E-state index in [9.17, 15) is 24.5 Å². The second-order valence-corrected chi connectivity index (χ2v) is 11.7. The predicted molar refractivity (Wildman–Crippen MR) is 157 cm³/mol. The summed E-state index contributed by atoms with van der Waals surface area (Å²) in [5, 5.41) is 17.0. The SMILES string of the molecule is CC(C)(C)OC(=O)NC(C)(C)C(=O)N[C@H](CCCc1ccccc1)C(=O)N1CCN(c2ccccc2[N+](=O)[O-])CC1. The Morgan fingerprint density at radius 3 is 2.17 bits per heavy atom. The molecule has 2 aromatic carbocycles. The number of para-hydroxylation sites is 2. The van der Waals surface area contributed by atoms with E-state index >= 15 is 0 Å². The molecule has 3 rings (SSSR count). The Balaban J connectivity index is 1.69. The Bertz CT molecular complexity index is 1220. The first-order valence-corrected chi connectivity index (χ1v) is 13.9. The van der Waals surface area contributed by atoms with Gasteiger partial charge in [-0.25, -0.2) is 4.79 Å². The van der Waals surface area contributed by atoms with E-state index in [0.717, 1.165) is 12.0 Å². The zero-order valence-corrected chi connectivity index (χ0v) is 24.5. The molecule has 11 nitrogen and oxygen atoms in total. The number of carbonyl (C=O) groups is 3. The smallest absolute Gasteiger partial charge is 0.408 e. The van der Waals surface area contributed by atoms with Crippen molar-refractivity contribution in [3.05, 3.63) is 70.3 Å². The predicted octanol–water partition coefficient (Wildman–Crippen LogP) is 4.05. The summed E-state index contributed by atoms with van der Waals surface area (Å²) in [5.74, 6) is -0.721. The van der Waals surface area contributed by atoms with Gasteiger partial charge in [0.1, 0.15) is 22.9 Å². The molecule has 0 bridgehead atoms. The number of alkyl carbamates (subject to hydrolysis) is 1. The Morgan fingerprint density at radius 1 is 0.951 bits per heavy atom. The molecule has 1 saturated heterocycles. The monoisotopic (exact) mass is 567 g/mol. The molecule has 1 aliphatic rings. The molecule has 2 aromatic rings. The number of nitro groups is 1. The second-order valence-electron chi connectivity index (χ2n) is 11.7. The van der Waals surface area contributed by atoms with E-state index < -0.39 is 34.1 Å². The fraction of sp³-hybridized carbons (Fsp3) is 0.500. The Hall–Kier alpha value is -4.15. The van der Waals surface area contributed by atoms with Crippen LogP contribution in [0, 0.1) is 10.1 Å². The number of piperazine rings is 1. The summed E-state index contributed by atoms with van der Waals surface area (Å²) < 4.78 is 5.30. The van der Waals surface area contributed by atoms with Crippen molar-refractivity contribution in [1.82, 2.24) is 15.5 Å². The standard InChI is InChI=1S/C30H41N5O6/c1-29(2,3)41-28(38)32-30(4,5)27(37)31-23(15-11-14-22-12-7-6-8-13-22)26(36)34-20-18-33(19-21-34)24-16-9-10-17-25(24)35(39)40/h6-10,12-13,16-17,23H,11,14-15,18-21H2,1-5H3,(H,31,37)(H,32,38)/t23-/m1/s1. The van der Waals surface area contributed by atoms with Crippen LogP contribution in [0.5, 0.6) is 0 Å². The fourth-order valence-electron chi connectivity index (χ4n) is 4.64. The van der Waals surface area contributed by atoms with Crippen molar-refractivity contribution in [2.24, 2.45) is 0 Å². The number of aryl methyl sites for hydroxylation is 1. The molecule has 3 amide bonds. The number of hydrogen-bond acceptors (Lipinski definition) is 7. The molecule has 0 spiro atoms. The maximum Gasteiger partial charge on any atom is 0.408 e. The number of benzene rings is 2. The molecule has 0 aromatic heterocycles. The molecule has 222 valence electrons. The van der Waals surface area contributed by atoms with Crippen LogP contribution >= 0.6 is 0 Å². The van der Waals surface area contributed by atoms with Crippen LogP contribution < -0.4 is 15.5 Å². The van der Waals surface area contributed by atoms with Crippen LogP contribution in [0.1, 0.15) is 53.0 Å². The summed E-state index contributed by atoms with van der Waals surface area (Å²) in [7, 11) is 0. The molecule has 0 unspecified atom stereocenters. The Labute approximate surface area is 241 Å². The van der Waals surface area contributed by atoms with Gasteiger partial charge in [-0.15, -0.1) is 0 Å². The molecular formula is C30H41N5O6. The first-order valence-electron chi connectivity index (χ1n) is 13.9. The van der Waals surface area contributed by atoms with Gasteiger partial charge in [-0.2, -0.15) is 0 Å². The van der Waals surface area contributed by atoms with E-state index in [0.29, 0.717) is 44.7 Å². The quantitative estimate of drug-likeness (QED) is 0.327. The fourth-order valence-corrected chi connectivity index (χ4v) is 4.64. The van der Waals surface area contributed by atoms with Crippen LogP contribution in [0.2, 0.25) is 0 Å². The lowest BCUT2D eigenvalue weighted by Crippen LogP contribution is -2.61. The average molecular weight is 568 g/mol. The molecule has 0 saturated carbocycles. The van der Waals surface area contributed by atoms with Crippen LogP contribution in [-0.2, 0) is 20.7 Å². The van der Waals surface area contributed by atoms with Gasteiger partial charge in [0.15, 0.2) is 0 Å². The largest absolute Gasteiger partial charge is 0.444 e. The summed E-state index contributed by atoms with van der Waals surface area (Å²) in [6.45, 7) is 9.88. The molecule has 2 N–H and O–H groups in total. The van der Waals surface area contributed by atoms with Gasteiger partial charge in [0, 0.05) is 32.2 Å². The van der Waals surface area contributed by atoms with Gasteiger partial charge >= 0.3 is 6.09 Å². The first kappa shape index (κ1) is 31.4. The lowest BCUT2D eigenvalue weighted by atomic mass is 10.0. The third-order valence-corrected chi connectivity index (χ3v) is 6.80. The lowest BCUT2D eigenvalue weighted by Gasteiger charge is -2.38. The molecule has 41 heavy (non-hydrogen) atoms. The zero-order chi connectivity index (χ0) is 30.2. The number of anilines is 1. The van der Waals surface area contributed by atoms with Crippen molar-refractivity contribution >= 4 is 29.3 Å². The summed E-state index contributed by atoms with van der Waals surface area (Å²) >= 11 is 0. The minimum atomic E-state index is -1.33. The van der Waals surface area contributed by atoms with Crippen LogP contribution in [-0.4, -0.2) is 71.1 Å². The van der Waals surface area contributed by atoms with Crippen LogP contribution in [0.4, 0.5) is 16.2 Å². The second kappa shape index (κ2) is 13.5. The van der Waals surface area contributed by atoms with Crippen molar-refractivity contribution in [2.45, 2.75) is 71.1 Å². The van der Waals surface area contributed by atoms with Crippen LogP contribution in [0.25, 0.3) is 0 Å². The minimum absolute atomic E-state index is 0.0260. The highest BCUT2D eigenvalue weighted by Gasteiger charge is 2.36. The van der Waals surface area contributed by atoms with Crippen LogP contribution in [0.3, 0.4) is 0 Å². The van der Waals surface area contributed by atoms with E-state index in [1.165, 1.54) is 6.07 Å². The number of carbonyl (C=O) groups excluding carboxylic acids is 3. The third kappa shape index (κ3) is 9.19. The van der Waals surface area contributed by atoms with Gasteiger partial charge < -0.3 is 25.2 Å². The van der Waals surface area contributed by atoms with E-state index in [4.69, 9.17) is 4.74 Å². The third-order valence-electron chi connectivity index (χ3n) is 6.80. The van der Waals surface area contributed by atoms with Gasteiger partial charge in [-0.1, -0.05) is 42.5 Å². The summed E-state index contributed by atoms with van der Waals surface area (Å²) in [6, 6.07) is 15.7. The van der Waals surface area contributed by atoms with Crippen molar-refractivity contribution < 1.29 is 24.0 Å². The number of hydrogen-bond donors (Lipinski definition) is 2. The highest BCUT2D eigenvalue weighted by Crippen LogP contribution is 2.28. The molecule has 1 fully saturated rings. The summed E-state index contributed by atoms with van der Waals surface area (Å²) in [6.07, 6.45) is 1.09. The van der Waals surface area contributed by atoms with Gasteiger partial charge in [-0.3, -0.25) is 19.7 Å². The molecule has 1 heterocycles. The van der Waals surface area contributed by atoms with Crippen molar-refractivity contribution in [3.8, 4) is 0 Å². The summed E-state index contributed by atoms with van der Waals surface area (Å²) in [5.41, 5.74) is -0.375. The lowest BCUT2D eigenvalue weighted by molar-refractivity contribution is -0.384.